The minimum atomic E-state index is -0.273. The van der Waals surface area contributed by atoms with Gasteiger partial charge in [-0.15, -0.1) is 0 Å². The van der Waals surface area contributed by atoms with Crippen LogP contribution in [0, 0.1) is 5.82 Å². The molecule has 2 rings (SSSR count). The van der Waals surface area contributed by atoms with Gasteiger partial charge in [-0.05, 0) is 24.6 Å². The van der Waals surface area contributed by atoms with E-state index in [0.29, 0.717) is 29.4 Å². The monoisotopic (exact) mass is 275 g/mol. The predicted octanol–water partition coefficient (Wildman–Crippen LogP) is 3.78. The van der Waals surface area contributed by atoms with E-state index < -0.39 is 0 Å². The summed E-state index contributed by atoms with van der Waals surface area (Å²) in [4.78, 5) is 0. The average Bonchev–Trinajstić information content (AvgIpc) is 2.46. The van der Waals surface area contributed by atoms with E-state index in [1.54, 1.807) is 36.4 Å². The zero-order valence-corrected chi connectivity index (χ0v) is 11.4. The number of nitrogens with two attached hydrogens (primary N) is 1. The van der Waals surface area contributed by atoms with E-state index in [0.717, 1.165) is 6.42 Å². The number of nitrogen functional groups attached to an aromatic ring is 1. The molecule has 0 atom stereocenters. The Labute approximate surface area is 118 Å². The van der Waals surface area contributed by atoms with Crippen molar-refractivity contribution in [3.05, 3.63) is 53.8 Å². The standard InChI is InChI=1S/C16H18FNO2/c1-2-9-19-16-10-13(7-8-15(16)18)20-11-12-5-3-4-6-14(12)17/h3-8,10H,2,9,11,18H2,1H3. The van der Waals surface area contributed by atoms with Gasteiger partial charge in [0, 0.05) is 11.6 Å². The second-order valence-corrected chi connectivity index (χ2v) is 4.43. The van der Waals surface area contributed by atoms with E-state index in [9.17, 15) is 4.39 Å². The Morgan fingerprint density at radius 2 is 1.90 bits per heavy atom. The fourth-order valence-electron chi connectivity index (χ4n) is 1.72. The number of benzene rings is 2. The van der Waals surface area contributed by atoms with Gasteiger partial charge in [0.15, 0.2) is 0 Å². The molecule has 0 radical (unpaired) electrons. The van der Waals surface area contributed by atoms with Crippen molar-refractivity contribution in [1.82, 2.24) is 0 Å². The molecular formula is C16H18FNO2. The molecule has 2 aromatic carbocycles. The zero-order chi connectivity index (χ0) is 14.4. The third kappa shape index (κ3) is 3.63. The van der Waals surface area contributed by atoms with Gasteiger partial charge in [0.25, 0.3) is 0 Å². The van der Waals surface area contributed by atoms with E-state index in [4.69, 9.17) is 15.2 Å². The van der Waals surface area contributed by atoms with Crippen molar-refractivity contribution in [2.75, 3.05) is 12.3 Å². The second kappa shape index (κ2) is 6.80. The smallest absolute Gasteiger partial charge is 0.145 e. The van der Waals surface area contributed by atoms with E-state index in [1.165, 1.54) is 6.07 Å². The Morgan fingerprint density at radius 1 is 1.10 bits per heavy atom. The first-order valence-corrected chi connectivity index (χ1v) is 6.59. The van der Waals surface area contributed by atoms with Crippen LogP contribution in [0.5, 0.6) is 11.5 Å². The quantitative estimate of drug-likeness (QED) is 0.816. The van der Waals surface area contributed by atoms with Gasteiger partial charge in [-0.25, -0.2) is 4.39 Å². The number of hydrogen-bond donors (Lipinski definition) is 1. The molecule has 0 aliphatic heterocycles. The molecule has 0 saturated carbocycles. The topological polar surface area (TPSA) is 44.5 Å². The summed E-state index contributed by atoms with van der Waals surface area (Å²) in [6, 6.07) is 11.7. The maximum Gasteiger partial charge on any atom is 0.145 e. The van der Waals surface area contributed by atoms with Crippen molar-refractivity contribution in [2.24, 2.45) is 0 Å². The second-order valence-electron chi connectivity index (χ2n) is 4.43. The van der Waals surface area contributed by atoms with Gasteiger partial charge in [0.2, 0.25) is 0 Å². The van der Waals surface area contributed by atoms with Gasteiger partial charge in [0.05, 0.1) is 12.3 Å². The summed E-state index contributed by atoms with van der Waals surface area (Å²) in [7, 11) is 0. The SMILES string of the molecule is CCCOc1cc(OCc2ccccc2F)ccc1N. The molecule has 0 fully saturated rings. The maximum absolute atomic E-state index is 13.5. The minimum Gasteiger partial charge on any atom is -0.491 e. The van der Waals surface area contributed by atoms with Crippen LogP contribution in [0.2, 0.25) is 0 Å². The van der Waals surface area contributed by atoms with Crippen molar-refractivity contribution in [3.8, 4) is 11.5 Å². The van der Waals surface area contributed by atoms with Gasteiger partial charge >= 0.3 is 0 Å². The molecule has 20 heavy (non-hydrogen) atoms. The number of rotatable bonds is 6. The van der Waals surface area contributed by atoms with Crippen LogP contribution in [0.25, 0.3) is 0 Å². The number of halogens is 1. The van der Waals surface area contributed by atoms with Gasteiger partial charge in [-0.3, -0.25) is 0 Å². The Bertz CT molecular complexity index is 572. The Balaban J connectivity index is 2.04. The van der Waals surface area contributed by atoms with Gasteiger partial charge < -0.3 is 15.2 Å². The summed E-state index contributed by atoms with van der Waals surface area (Å²) in [6.07, 6.45) is 0.903. The van der Waals surface area contributed by atoms with Crippen LogP contribution in [0.3, 0.4) is 0 Å². The molecule has 0 bridgehead atoms. The molecule has 0 saturated heterocycles. The first kappa shape index (κ1) is 14.2. The van der Waals surface area contributed by atoms with Crippen LogP contribution in [-0.2, 0) is 6.61 Å². The largest absolute Gasteiger partial charge is 0.491 e. The highest BCUT2D eigenvalue weighted by atomic mass is 19.1. The van der Waals surface area contributed by atoms with Gasteiger partial charge in [-0.1, -0.05) is 25.1 Å². The lowest BCUT2D eigenvalue weighted by atomic mass is 10.2. The van der Waals surface area contributed by atoms with Crippen LogP contribution in [0.4, 0.5) is 10.1 Å². The maximum atomic E-state index is 13.5. The summed E-state index contributed by atoms with van der Waals surface area (Å²) >= 11 is 0. The molecule has 0 aliphatic carbocycles. The van der Waals surface area contributed by atoms with Crippen molar-refractivity contribution in [3.63, 3.8) is 0 Å². The highest BCUT2D eigenvalue weighted by Gasteiger charge is 2.05. The van der Waals surface area contributed by atoms with Crippen LogP contribution in [0.1, 0.15) is 18.9 Å². The lowest BCUT2D eigenvalue weighted by molar-refractivity contribution is 0.291. The third-order valence-corrected chi connectivity index (χ3v) is 2.80. The first-order valence-electron chi connectivity index (χ1n) is 6.59. The van der Waals surface area contributed by atoms with Crippen LogP contribution >= 0.6 is 0 Å². The lowest BCUT2D eigenvalue weighted by Gasteiger charge is -2.11. The molecule has 0 heterocycles. The number of hydrogen-bond acceptors (Lipinski definition) is 3. The molecule has 0 unspecified atom stereocenters. The van der Waals surface area contributed by atoms with E-state index in [1.807, 2.05) is 6.92 Å². The number of ether oxygens (including phenoxy) is 2. The Hall–Kier alpha value is -2.23. The Kier molecular flexibility index (Phi) is 4.82. The number of anilines is 1. The molecule has 106 valence electrons. The van der Waals surface area contributed by atoms with Crippen molar-refractivity contribution < 1.29 is 13.9 Å². The molecule has 2 N–H and O–H groups in total. The van der Waals surface area contributed by atoms with Crippen LogP contribution < -0.4 is 15.2 Å². The van der Waals surface area contributed by atoms with Crippen LogP contribution in [0.15, 0.2) is 42.5 Å². The zero-order valence-electron chi connectivity index (χ0n) is 11.4. The van der Waals surface area contributed by atoms with Crippen molar-refractivity contribution in [2.45, 2.75) is 20.0 Å². The summed E-state index contributed by atoms with van der Waals surface area (Å²) in [5.41, 5.74) is 6.90. The predicted molar refractivity (Wildman–Crippen MR) is 77.4 cm³/mol. The minimum absolute atomic E-state index is 0.170. The van der Waals surface area contributed by atoms with E-state index in [2.05, 4.69) is 0 Å². The molecule has 0 aromatic heterocycles. The highest BCUT2D eigenvalue weighted by Crippen LogP contribution is 2.27. The fraction of sp³-hybridized carbons (Fsp3) is 0.250. The lowest BCUT2D eigenvalue weighted by Crippen LogP contribution is -2.01. The highest BCUT2D eigenvalue weighted by molar-refractivity contribution is 5.55. The molecule has 0 amide bonds. The van der Waals surface area contributed by atoms with Crippen LogP contribution in [-0.4, -0.2) is 6.61 Å². The molecule has 0 spiro atoms. The van der Waals surface area contributed by atoms with E-state index in [-0.39, 0.29) is 12.4 Å². The van der Waals surface area contributed by atoms with Gasteiger partial charge in [0.1, 0.15) is 23.9 Å². The molecular weight excluding hydrogens is 257 g/mol. The first-order chi connectivity index (χ1) is 9.70. The average molecular weight is 275 g/mol. The molecule has 3 nitrogen and oxygen atoms in total. The van der Waals surface area contributed by atoms with E-state index >= 15 is 0 Å². The molecule has 4 heteroatoms. The fourth-order valence-corrected chi connectivity index (χ4v) is 1.72. The van der Waals surface area contributed by atoms with Crippen molar-refractivity contribution >= 4 is 5.69 Å². The summed E-state index contributed by atoms with van der Waals surface area (Å²) in [5, 5.41) is 0. The third-order valence-electron chi connectivity index (χ3n) is 2.80. The normalized spacial score (nSPS) is 10.3. The summed E-state index contributed by atoms with van der Waals surface area (Å²) < 4.78 is 24.6. The molecule has 0 aliphatic rings. The van der Waals surface area contributed by atoms with Crippen molar-refractivity contribution in [1.29, 1.82) is 0 Å². The van der Waals surface area contributed by atoms with Gasteiger partial charge in [-0.2, -0.15) is 0 Å². The molecule has 2 aromatic rings. The Morgan fingerprint density at radius 3 is 2.65 bits per heavy atom. The summed E-state index contributed by atoms with van der Waals surface area (Å²) in [6.45, 7) is 2.79. The summed E-state index contributed by atoms with van der Waals surface area (Å²) in [5.74, 6) is 0.928.